The minimum atomic E-state index is -0.320. The molecule has 1 amide bonds. The van der Waals surface area contributed by atoms with Gasteiger partial charge in [0.05, 0.1) is 12.6 Å². The molecule has 0 aromatic rings. The number of aliphatic hydroxyl groups is 1. The van der Waals surface area contributed by atoms with Crippen LogP contribution in [0, 0.1) is 0 Å². The van der Waals surface area contributed by atoms with E-state index in [1.807, 2.05) is 13.8 Å². The standard InChI is InChI=1S/C7H13NO3/c1-5-6(2)11-7(10)8(5)3-4-9/h5-6,9H,3-4H2,1-2H3. The van der Waals surface area contributed by atoms with E-state index in [9.17, 15) is 4.79 Å². The van der Waals surface area contributed by atoms with Crippen LogP contribution in [0.2, 0.25) is 0 Å². The molecule has 1 saturated heterocycles. The molecule has 0 aromatic heterocycles. The van der Waals surface area contributed by atoms with Crippen molar-refractivity contribution in [2.45, 2.75) is 26.0 Å². The molecule has 0 bridgehead atoms. The first-order valence-electron chi connectivity index (χ1n) is 3.75. The van der Waals surface area contributed by atoms with E-state index in [1.165, 1.54) is 4.90 Å². The smallest absolute Gasteiger partial charge is 0.410 e. The first kappa shape index (κ1) is 8.33. The Morgan fingerprint density at radius 1 is 1.64 bits per heavy atom. The SMILES string of the molecule is CC1OC(=O)N(CCO)C1C. The molecular formula is C7H13NO3. The monoisotopic (exact) mass is 159 g/mol. The highest BCUT2D eigenvalue weighted by molar-refractivity contribution is 5.70. The van der Waals surface area contributed by atoms with Gasteiger partial charge in [-0.15, -0.1) is 0 Å². The molecule has 1 aliphatic rings. The molecule has 4 heteroatoms. The normalized spacial score (nSPS) is 30.8. The van der Waals surface area contributed by atoms with Crippen molar-refractivity contribution < 1.29 is 14.6 Å². The summed E-state index contributed by atoms with van der Waals surface area (Å²) in [5.41, 5.74) is 0. The number of aliphatic hydroxyl groups excluding tert-OH is 1. The maximum atomic E-state index is 11.0. The molecule has 0 saturated carbocycles. The van der Waals surface area contributed by atoms with Crippen LogP contribution in [0.15, 0.2) is 0 Å². The minimum absolute atomic E-state index is 0.00778. The summed E-state index contributed by atoms with van der Waals surface area (Å²) in [7, 11) is 0. The van der Waals surface area contributed by atoms with Crippen molar-refractivity contribution in [2.75, 3.05) is 13.2 Å². The first-order chi connectivity index (χ1) is 5.16. The maximum Gasteiger partial charge on any atom is 0.410 e. The van der Waals surface area contributed by atoms with Gasteiger partial charge >= 0.3 is 6.09 Å². The Hall–Kier alpha value is -0.770. The van der Waals surface area contributed by atoms with E-state index in [0.717, 1.165) is 0 Å². The largest absolute Gasteiger partial charge is 0.444 e. The molecular weight excluding hydrogens is 146 g/mol. The second kappa shape index (κ2) is 3.09. The average Bonchev–Trinajstić information content (AvgIpc) is 2.17. The van der Waals surface area contributed by atoms with E-state index in [2.05, 4.69) is 0 Å². The van der Waals surface area contributed by atoms with Crippen LogP contribution < -0.4 is 0 Å². The number of nitrogens with zero attached hydrogens (tertiary/aromatic N) is 1. The molecule has 0 aliphatic carbocycles. The number of ether oxygens (including phenoxy) is 1. The van der Waals surface area contributed by atoms with Gasteiger partial charge in [-0.25, -0.2) is 4.79 Å². The Balaban J connectivity index is 2.56. The van der Waals surface area contributed by atoms with Crippen molar-refractivity contribution in [3.8, 4) is 0 Å². The van der Waals surface area contributed by atoms with Gasteiger partial charge in [0.1, 0.15) is 6.10 Å². The van der Waals surface area contributed by atoms with Gasteiger partial charge in [0.2, 0.25) is 0 Å². The summed E-state index contributed by atoms with van der Waals surface area (Å²) in [6.45, 7) is 4.11. The second-order valence-electron chi connectivity index (χ2n) is 2.75. The predicted molar refractivity (Wildman–Crippen MR) is 39.2 cm³/mol. The summed E-state index contributed by atoms with van der Waals surface area (Å²) in [5, 5.41) is 8.60. The third-order valence-corrected chi connectivity index (χ3v) is 2.03. The Bertz CT molecular complexity index is 160. The van der Waals surface area contributed by atoms with Crippen LogP contribution in [0.1, 0.15) is 13.8 Å². The lowest BCUT2D eigenvalue weighted by atomic mass is 10.2. The van der Waals surface area contributed by atoms with Crippen LogP contribution in [0.3, 0.4) is 0 Å². The zero-order chi connectivity index (χ0) is 8.43. The highest BCUT2D eigenvalue weighted by atomic mass is 16.6. The van der Waals surface area contributed by atoms with Crippen LogP contribution in [-0.4, -0.2) is 41.4 Å². The summed E-state index contributed by atoms with van der Waals surface area (Å²) >= 11 is 0. The van der Waals surface area contributed by atoms with Crippen LogP contribution in [0.5, 0.6) is 0 Å². The lowest BCUT2D eigenvalue weighted by molar-refractivity contribution is 0.134. The van der Waals surface area contributed by atoms with E-state index >= 15 is 0 Å². The van der Waals surface area contributed by atoms with Gasteiger partial charge < -0.3 is 9.84 Å². The molecule has 2 atom stereocenters. The predicted octanol–water partition coefficient (Wildman–Crippen LogP) is 0.208. The molecule has 1 heterocycles. The number of hydrogen-bond donors (Lipinski definition) is 1. The van der Waals surface area contributed by atoms with Crippen molar-refractivity contribution in [3.63, 3.8) is 0 Å². The zero-order valence-corrected chi connectivity index (χ0v) is 6.78. The first-order valence-corrected chi connectivity index (χ1v) is 3.75. The number of hydrogen-bond acceptors (Lipinski definition) is 3. The van der Waals surface area contributed by atoms with Gasteiger partial charge in [-0.2, -0.15) is 0 Å². The third kappa shape index (κ3) is 1.45. The molecule has 4 nitrogen and oxygen atoms in total. The molecule has 11 heavy (non-hydrogen) atoms. The third-order valence-electron chi connectivity index (χ3n) is 2.03. The fourth-order valence-electron chi connectivity index (χ4n) is 1.15. The fraction of sp³-hybridized carbons (Fsp3) is 0.857. The highest BCUT2D eigenvalue weighted by Gasteiger charge is 2.34. The minimum Gasteiger partial charge on any atom is -0.444 e. The number of carbonyl (C=O) groups excluding carboxylic acids is 1. The molecule has 1 rings (SSSR count). The van der Waals surface area contributed by atoms with Gasteiger partial charge in [-0.05, 0) is 13.8 Å². The fourth-order valence-corrected chi connectivity index (χ4v) is 1.15. The lowest BCUT2D eigenvalue weighted by Gasteiger charge is -2.17. The summed E-state index contributed by atoms with van der Waals surface area (Å²) in [5.74, 6) is 0. The van der Waals surface area contributed by atoms with Crippen molar-refractivity contribution >= 4 is 6.09 Å². The Labute approximate surface area is 65.8 Å². The van der Waals surface area contributed by atoms with E-state index in [1.54, 1.807) is 0 Å². The Morgan fingerprint density at radius 3 is 2.64 bits per heavy atom. The van der Waals surface area contributed by atoms with Crippen LogP contribution in [0.25, 0.3) is 0 Å². The van der Waals surface area contributed by atoms with Crippen LogP contribution in [-0.2, 0) is 4.74 Å². The van der Waals surface area contributed by atoms with Gasteiger partial charge in [-0.3, -0.25) is 4.90 Å². The molecule has 0 spiro atoms. The number of β-amino-alcohol motifs (C(OH)–C–C–N with tert-alkyl or cyclic N) is 1. The highest BCUT2D eigenvalue weighted by Crippen LogP contribution is 2.17. The van der Waals surface area contributed by atoms with Crippen LogP contribution >= 0.6 is 0 Å². The van der Waals surface area contributed by atoms with Crippen molar-refractivity contribution in [1.29, 1.82) is 0 Å². The quantitative estimate of drug-likeness (QED) is 0.626. The maximum absolute atomic E-state index is 11.0. The molecule has 1 aliphatic heterocycles. The van der Waals surface area contributed by atoms with Gasteiger partial charge in [-0.1, -0.05) is 0 Å². The van der Waals surface area contributed by atoms with Crippen molar-refractivity contribution in [2.24, 2.45) is 0 Å². The van der Waals surface area contributed by atoms with E-state index < -0.39 is 0 Å². The summed E-state index contributed by atoms with van der Waals surface area (Å²) in [6.07, 6.45) is -0.381. The molecule has 64 valence electrons. The molecule has 1 fully saturated rings. The molecule has 0 radical (unpaired) electrons. The van der Waals surface area contributed by atoms with Gasteiger partial charge in [0.25, 0.3) is 0 Å². The molecule has 2 unspecified atom stereocenters. The van der Waals surface area contributed by atoms with E-state index in [-0.39, 0.29) is 24.8 Å². The number of carbonyl (C=O) groups is 1. The topological polar surface area (TPSA) is 49.8 Å². The Kier molecular flexibility index (Phi) is 2.34. The number of cyclic esters (lactones) is 1. The number of amides is 1. The van der Waals surface area contributed by atoms with Crippen LogP contribution in [0.4, 0.5) is 4.79 Å². The van der Waals surface area contributed by atoms with E-state index in [4.69, 9.17) is 9.84 Å². The zero-order valence-electron chi connectivity index (χ0n) is 6.78. The van der Waals surface area contributed by atoms with Crippen molar-refractivity contribution in [1.82, 2.24) is 4.90 Å². The molecule has 1 N–H and O–H groups in total. The number of rotatable bonds is 2. The van der Waals surface area contributed by atoms with Crippen molar-refractivity contribution in [3.05, 3.63) is 0 Å². The summed E-state index contributed by atoms with van der Waals surface area (Å²) in [6, 6.07) is 0.0784. The van der Waals surface area contributed by atoms with Gasteiger partial charge in [0, 0.05) is 6.54 Å². The Morgan fingerprint density at radius 2 is 2.27 bits per heavy atom. The summed E-state index contributed by atoms with van der Waals surface area (Å²) < 4.78 is 4.91. The van der Waals surface area contributed by atoms with Gasteiger partial charge in [0.15, 0.2) is 0 Å². The van der Waals surface area contributed by atoms with E-state index in [0.29, 0.717) is 6.54 Å². The second-order valence-corrected chi connectivity index (χ2v) is 2.75. The lowest BCUT2D eigenvalue weighted by Crippen LogP contribution is -2.35. The summed E-state index contributed by atoms with van der Waals surface area (Å²) in [4.78, 5) is 12.5. The average molecular weight is 159 g/mol. The molecule has 0 aromatic carbocycles.